The van der Waals surface area contributed by atoms with E-state index in [1.54, 1.807) is 6.92 Å². The number of hydrogen-bond acceptors (Lipinski definition) is 4. The summed E-state index contributed by atoms with van der Waals surface area (Å²) in [4.78, 5) is 20.5. The Kier molecular flexibility index (Phi) is 5.90. The van der Waals surface area contributed by atoms with Crippen LogP contribution < -0.4 is 10.3 Å². The van der Waals surface area contributed by atoms with E-state index in [1.807, 2.05) is 0 Å². The number of alkyl halides is 5. The molecule has 1 aliphatic rings. The van der Waals surface area contributed by atoms with Crippen molar-refractivity contribution in [3.8, 4) is 11.3 Å². The Morgan fingerprint density at radius 3 is 2.53 bits per heavy atom. The van der Waals surface area contributed by atoms with Crippen molar-refractivity contribution in [2.45, 2.75) is 51.8 Å². The fraction of sp³-hybridized carbons (Fsp3) is 0.500. The van der Waals surface area contributed by atoms with Crippen LogP contribution >= 0.6 is 0 Å². The number of aromatic nitrogens is 2. The van der Waals surface area contributed by atoms with Gasteiger partial charge in [0.1, 0.15) is 11.5 Å². The molecule has 1 aliphatic heterocycles. The van der Waals surface area contributed by atoms with Crippen molar-refractivity contribution in [3.05, 3.63) is 44.9 Å². The Hall–Kier alpha value is -2.49. The molecule has 0 bridgehead atoms. The maximum Gasteiger partial charge on any atom is 0.433 e. The van der Waals surface area contributed by atoms with Gasteiger partial charge in [-0.15, -0.1) is 0 Å². The maximum atomic E-state index is 13.8. The number of anilines is 1. The van der Waals surface area contributed by atoms with Crippen LogP contribution in [0.1, 0.15) is 41.8 Å². The fourth-order valence-corrected chi connectivity index (χ4v) is 3.69. The van der Waals surface area contributed by atoms with Crippen LogP contribution in [0.4, 0.5) is 27.8 Å². The summed E-state index contributed by atoms with van der Waals surface area (Å²) < 4.78 is 68.2. The monoisotopic (exact) mass is 431 g/mol. The number of H-pyrrole nitrogens is 1. The van der Waals surface area contributed by atoms with E-state index in [-0.39, 0.29) is 54.1 Å². The molecule has 2 aromatic rings. The number of aliphatic hydroxyl groups is 1. The van der Waals surface area contributed by atoms with Crippen LogP contribution in [0.5, 0.6) is 0 Å². The molecule has 164 valence electrons. The summed E-state index contributed by atoms with van der Waals surface area (Å²) >= 11 is 0. The van der Waals surface area contributed by atoms with E-state index in [1.165, 1.54) is 24.0 Å². The minimum absolute atomic E-state index is 0.0250. The first-order valence-corrected chi connectivity index (χ1v) is 9.48. The standard InChI is InChI=1S/C20H22F5N3O2/c1-11-8-13(16-14(10-29)15(30)9-12(2)26-16)18(27-17(11)20(23,24)25)28-6-3-4-19(21,22)5-7-28/h8-9,29H,3-7,10H2,1-2H3,(H,26,30). The van der Waals surface area contributed by atoms with Gasteiger partial charge in [0.05, 0.1) is 12.3 Å². The number of halogens is 5. The fourth-order valence-electron chi connectivity index (χ4n) is 3.69. The molecule has 0 aliphatic carbocycles. The summed E-state index contributed by atoms with van der Waals surface area (Å²) in [5.74, 6) is -3.04. The van der Waals surface area contributed by atoms with Crippen LogP contribution in [0.25, 0.3) is 11.3 Å². The Morgan fingerprint density at radius 2 is 1.90 bits per heavy atom. The van der Waals surface area contributed by atoms with Crippen molar-refractivity contribution in [3.63, 3.8) is 0 Å². The quantitative estimate of drug-likeness (QED) is 0.716. The molecule has 0 unspecified atom stereocenters. The number of rotatable bonds is 3. The highest BCUT2D eigenvalue weighted by molar-refractivity contribution is 5.77. The van der Waals surface area contributed by atoms with E-state index in [4.69, 9.17) is 0 Å². The lowest BCUT2D eigenvalue weighted by atomic mass is 10.0. The molecule has 0 spiro atoms. The molecule has 3 rings (SSSR count). The Morgan fingerprint density at radius 1 is 1.20 bits per heavy atom. The first-order chi connectivity index (χ1) is 13.9. The average molecular weight is 431 g/mol. The minimum Gasteiger partial charge on any atom is -0.391 e. The van der Waals surface area contributed by atoms with Crippen LogP contribution in [0.15, 0.2) is 16.9 Å². The second kappa shape index (κ2) is 7.98. The van der Waals surface area contributed by atoms with Crippen molar-refractivity contribution in [1.82, 2.24) is 9.97 Å². The first kappa shape index (κ1) is 22.2. The topological polar surface area (TPSA) is 69.2 Å². The molecule has 3 heterocycles. The number of aliphatic hydroxyl groups excluding tert-OH is 1. The van der Waals surface area contributed by atoms with E-state index in [0.29, 0.717) is 5.69 Å². The van der Waals surface area contributed by atoms with Gasteiger partial charge in [0.25, 0.3) is 0 Å². The van der Waals surface area contributed by atoms with Crippen LogP contribution in [-0.2, 0) is 12.8 Å². The van der Waals surface area contributed by atoms with E-state index < -0.39 is 36.2 Å². The molecule has 0 amide bonds. The van der Waals surface area contributed by atoms with E-state index >= 15 is 0 Å². The van der Waals surface area contributed by atoms with Gasteiger partial charge in [0, 0.05) is 48.8 Å². The number of aryl methyl sites for hydroxylation is 2. The summed E-state index contributed by atoms with van der Waals surface area (Å²) in [5, 5.41) is 9.69. The zero-order valence-electron chi connectivity index (χ0n) is 16.5. The van der Waals surface area contributed by atoms with Gasteiger partial charge < -0.3 is 15.0 Å². The molecule has 0 aromatic carbocycles. The third-order valence-electron chi connectivity index (χ3n) is 5.18. The minimum atomic E-state index is -4.73. The van der Waals surface area contributed by atoms with E-state index in [9.17, 15) is 31.9 Å². The number of aromatic amines is 1. The predicted molar refractivity (Wildman–Crippen MR) is 102 cm³/mol. The number of nitrogens with one attached hydrogen (secondary N) is 1. The number of pyridine rings is 2. The van der Waals surface area contributed by atoms with Gasteiger partial charge in [0.15, 0.2) is 5.43 Å². The van der Waals surface area contributed by atoms with Gasteiger partial charge in [-0.3, -0.25) is 4.79 Å². The maximum absolute atomic E-state index is 13.8. The molecule has 1 fully saturated rings. The summed E-state index contributed by atoms with van der Waals surface area (Å²) in [5.41, 5.74) is -1.05. The zero-order chi connectivity index (χ0) is 22.3. The van der Waals surface area contributed by atoms with Crippen molar-refractivity contribution in [2.75, 3.05) is 18.0 Å². The number of hydrogen-bond donors (Lipinski definition) is 2. The molecule has 10 heteroatoms. The van der Waals surface area contributed by atoms with Crippen LogP contribution in [-0.4, -0.2) is 34.1 Å². The molecule has 30 heavy (non-hydrogen) atoms. The van der Waals surface area contributed by atoms with Gasteiger partial charge in [0.2, 0.25) is 5.92 Å². The molecule has 2 N–H and O–H groups in total. The van der Waals surface area contributed by atoms with Crippen molar-refractivity contribution in [1.29, 1.82) is 0 Å². The molecule has 0 saturated carbocycles. The van der Waals surface area contributed by atoms with Crippen molar-refractivity contribution in [2.24, 2.45) is 0 Å². The largest absolute Gasteiger partial charge is 0.433 e. The van der Waals surface area contributed by atoms with Gasteiger partial charge >= 0.3 is 6.18 Å². The third-order valence-corrected chi connectivity index (χ3v) is 5.18. The highest BCUT2D eigenvalue weighted by Crippen LogP contribution is 2.39. The summed E-state index contributed by atoms with van der Waals surface area (Å²) in [6.45, 7) is 2.12. The van der Waals surface area contributed by atoms with Crippen LogP contribution in [0.2, 0.25) is 0 Å². The second-order valence-electron chi connectivity index (χ2n) is 7.55. The molecule has 0 atom stereocenters. The zero-order valence-corrected chi connectivity index (χ0v) is 16.5. The second-order valence-corrected chi connectivity index (χ2v) is 7.55. The highest BCUT2D eigenvalue weighted by atomic mass is 19.4. The molecule has 0 radical (unpaired) electrons. The highest BCUT2D eigenvalue weighted by Gasteiger charge is 2.38. The van der Waals surface area contributed by atoms with Gasteiger partial charge in [-0.1, -0.05) is 0 Å². The van der Waals surface area contributed by atoms with Crippen molar-refractivity contribution < 1.29 is 27.1 Å². The predicted octanol–water partition coefficient (Wildman–Crippen LogP) is 4.19. The third kappa shape index (κ3) is 4.48. The molecular weight excluding hydrogens is 409 g/mol. The Labute approximate surface area is 169 Å². The van der Waals surface area contributed by atoms with Crippen molar-refractivity contribution >= 4 is 5.82 Å². The number of nitrogens with zero attached hydrogens (tertiary/aromatic N) is 2. The van der Waals surface area contributed by atoms with Gasteiger partial charge in [-0.05, 0) is 31.9 Å². The lowest BCUT2D eigenvalue weighted by molar-refractivity contribution is -0.141. The molecule has 2 aromatic heterocycles. The van der Waals surface area contributed by atoms with Crippen LogP contribution in [0.3, 0.4) is 0 Å². The molecular formula is C20H22F5N3O2. The summed E-state index contributed by atoms with van der Waals surface area (Å²) in [7, 11) is 0. The van der Waals surface area contributed by atoms with E-state index in [0.717, 1.165) is 0 Å². The summed E-state index contributed by atoms with van der Waals surface area (Å²) in [6, 6.07) is 2.50. The normalized spacial score (nSPS) is 17.1. The lowest BCUT2D eigenvalue weighted by Crippen LogP contribution is -2.29. The first-order valence-electron chi connectivity index (χ1n) is 9.48. The van der Waals surface area contributed by atoms with Gasteiger partial charge in [-0.25, -0.2) is 13.8 Å². The molecule has 5 nitrogen and oxygen atoms in total. The SMILES string of the molecule is Cc1cc(=O)c(CO)c(-c2cc(C)c(C(F)(F)F)nc2N2CCCC(F)(F)CC2)[nH]1. The lowest BCUT2D eigenvalue weighted by Gasteiger charge is -2.26. The Balaban J connectivity index is 2.26. The van der Waals surface area contributed by atoms with Crippen LogP contribution in [0, 0.1) is 13.8 Å². The smallest absolute Gasteiger partial charge is 0.391 e. The Bertz CT molecular complexity index is 1000. The average Bonchev–Trinajstić information content (AvgIpc) is 2.80. The van der Waals surface area contributed by atoms with E-state index in [2.05, 4.69) is 9.97 Å². The summed E-state index contributed by atoms with van der Waals surface area (Å²) in [6.07, 6.45) is -5.52. The van der Waals surface area contributed by atoms with Gasteiger partial charge in [-0.2, -0.15) is 13.2 Å². The molecule has 1 saturated heterocycles.